The summed E-state index contributed by atoms with van der Waals surface area (Å²) in [6.45, 7) is 6.42. The third-order valence-corrected chi connectivity index (χ3v) is 2.43. The third-order valence-electron chi connectivity index (χ3n) is 2.43. The summed E-state index contributed by atoms with van der Waals surface area (Å²) in [6.07, 6.45) is 0. The molecule has 0 fully saturated rings. The third kappa shape index (κ3) is 5.19. The van der Waals surface area contributed by atoms with E-state index in [-0.39, 0.29) is 11.4 Å². The molecular weight excluding hydrogens is 226 g/mol. The van der Waals surface area contributed by atoms with Gasteiger partial charge in [-0.25, -0.2) is 0 Å². The van der Waals surface area contributed by atoms with E-state index in [0.717, 1.165) is 11.4 Å². The Morgan fingerprint density at radius 1 is 1.28 bits per heavy atom. The van der Waals surface area contributed by atoms with E-state index in [4.69, 9.17) is 0 Å². The molecule has 0 bridgehead atoms. The maximum atomic E-state index is 11.8. The van der Waals surface area contributed by atoms with Gasteiger partial charge in [0.1, 0.15) is 0 Å². The molecule has 0 aliphatic heterocycles. The molecule has 4 nitrogen and oxygen atoms in total. The highest BCUT2D eigenvalue weighted by Gasteiger charge is 2.11. The van der Waals surface area contributed by atoms with Gasteiger partial charge in [0.15, 0.2) is 0 Å². The van der Waals surface area contributed by atoms with E-state index in [0.29, 0.717) is 6.54 Å². The van der Waals surface area contributed by atoms with E-state index in [1.807, 2.05) is 64.0 Å². The molecule has 100 valence electrons. The van der Waals surface area contributed by atoms with Crippen LogP contribution in [0.15, 0.2) is 24.3 Å². The highest BCUT2D eigenvalue weighted by molar-refractivity contribution is 5.92. The van der Waals surface area contributed by atoms with Gasteiger partial charge in [0.2, 0.25) is 5.91 Å². The van der Waals surface area contributed by atoms with Crippen LogP contribution in [0.4, 0.5) is 11.4 Å². The first-order valence-corrected chi connectivity index (χ1v) is 6.10. The first-order chi connectivity index (χ1) is 8.28. The smallest absolute Gasteiger partial charge is 0.238 e. The molecule has 0 spiro atoms. The zero-order chi connectivity index (χ0) is 13.8. The van der Waals surface area contributed by atoms with Crippen molar-refractivity contribution in [2.24, 2.45) is 0 Å². The Labute approximate surface area is 109 Å². The fourth-order valence-corrected chi connectivity index (χ4v) is 1.41. The van der Waals surface area contributed by atoms with E-state index < -0.39 is 0 Å². The molecule has 1 rings (SSSR count). The lowest BCUT2D eigenvalue weighted by atomic mass is 10.1. The summed E-state index contributed by atoms with van der Waals surface area (Å²) in [7, 11) is 3.95. The van der Waals surface area contributed by atoms with Crippen molar-refractivity contribution in [1.82, 2.24) is 5.32 Å². The summed E-state index contributed by atoms with van der Waals surface area (Å²) in [5.41, 5.74) is 1.83. The topological polar surface area (TPSA) is 44.4 Å². The molecule has 18 heavy (non-hydrogen) atoms. The van der Waals surface area contributed by atoms with Crippen LogP contribution in [-0.4, -0.2) is 32.1 Å². The van der Waals surface area contributed by atoms with Crippen molar-refractivity contribution in [3.63, 3.8) is 0 Å². The Morgan fingerprint density at radius 3 is 2.50 bits per heavy atom. The molecule has 0 aromatic heterocycles. The fourth-order valence-electron chi connectivity index (χ4n) is 1.41. The minimum Gasteiger partial charge on any atom is -0.378 e. The SMILES string of the molecule is CN(C)c1cccc(NC(=O)CNC(C)(C)C)c1. The minimum atomic E-state index is -0.0528. The molecular formula is C14H23N3O. The second-order valence-electron chi connectivity index (χ2n) is 5.60. The van der Waals surface area contributed by atoms with Gasteiger partial charge in [-0.05, 0) is 39.0 Å². The van der Waals surface area contributed by atoms with Crippen LogP contribution in [0.1, 0.15) is 20.8 Å². The second-order valence-corrected chi connectivity index (χ2v) is 5.60. The Hall–Kier alpha value is -1.55. The molecule has 1 amide bonds. The van der Waals surface area contributed by atoms with Crippen molar-refractivity contribution in [1.29, 1.82) is 0 Å². The summed E-state index contributed by atoms with van der Waals surface area (Å²) >= 11 is 0. The van der Waals surface area contributed by atoms with E-state index in [1.54, 1.807) is 0 Å². The average Bonchev–Trinajstić information content (AvgIpc) is 2.26. The van der Waals surface area contributed by atoms with Crippen LogP contribution in [-0.2, 0) is 4.79 Å². The van der Waals surface area contributed by atoms with Crippen LogP contribution < -0.4 is 15.5 Å². The Kier molecular flexibility index (Phi) is 4.73. The molecule has 1 aromatic rings. The van der Waals surface area contributed by atoms with Gasteiger partial charge in [-0.3, -0.25) is 4.79 Å². The molecule has 2 N–H and O–H groups in total. The summed E-state index contributed by atoms with van der Waals surface area (Å²) < 4.78 is 0. The predicted molar refractivity (Wildman–Crippen MR) is 77.2 cm³/mol. The molecule has 0 aliphatic rings. The van der Waals surface area contributed by atoms with Crippen molar-refractivity contribution < 1.29 is 4.79 Å². The van der Waals surface area contributed by atoms with Gasteiger partial charge >= 0.3 is 0 Å². The van der Waals surface area contributed by atoms with E-state index in [1.165, 1.54) is 0 Å². The number of carbonyl (C=O) groups is 1. The van der Waals surface area contributed by atoms with Crippen molar-refractivity contribution in [2.45, 2.75) is 26.3 Å². The number of hydrogen-bond acceptors (Lipinski definition) is 3. The standard InChI is InChI=1S/C14H23N3O/c1-14(2,3)15-10-13(18)16-11-7-6-8-12(9-11)17(4)5/h6-9,15H,10H2,1-5H3,(H,16,18). The van der Waals surface area contributed by atoms with Gasteiger partial charge in [0, 0.05) is 31.0 Å². The highest BCUT2D eigenvalue weighted by atomic mass is 16.1. The Bertz CT molecular complexity index is 408. The van der Waals surface area contributed by atoms with E-state index in [9.17, 15) is 4.79 Å². The predicted octanol–water partition coefficient (Wildman–Crippen LogP) is 2.08. The number of nitrogens with zero attached hydrogens (tertiary/aromatic N) is 1. The van der Waals surface area contributed by atoms with Gasteiger partial charge in [-0.2, -0.15) is 0 Å². The number of carbonyl (C=O) groups excluding carboxylic acids is 1. The quantitative estimate of drug-likeness (QED) is 0.858. The Balaban J connectivity index is 2.57. The van der Waals surface area contributed by atoms with Crippen LogP contribution in [0.3, 0.4) is 0 Å². The number of nitrogens with one attached hydrogen (secondary N) is 2. The number of anilines is 2. The maximum Gasteiger partial charge on any atom is 0.238 e. The summed E-state index contributed by atoms with van der Waals surface area (Å²) in [5.74, 6) is -0.0270. The molecule has 0 atom stereocenters. The van der Waals surface area contributed by atoms with Gasteiger partial charge in [-0.15, -0.1) is 0 Å². The van der Waals surface area contributed by atoms with Crippen molar-refractivity contribution in [2.75, 3.05) is 30.9 Å². The summed E-state index contributed by atoms with van der Waals surface area (Å²) in [5, 5.41) is 6.04. The fraction of sp³-hybridized carbons (Fsp3) is 0.500. The molecule has 0 saturated carbocycles. The van der Waals surface area contributed by atoms with Gasteiger partial charge in [0.05, 0.1) is 6.54 Å². The summed E-state index contributed by atoms with van der Waals surface area (Å²) in [4.78, 5) is 13.8. The van der Waals surface area contributed by atoms with Crippen LogP contribution >= 0.6 is 0 Å². The monoisotopic (exact) mass is 249 g/mol. The molecule has 0 unspecified atom stereocenters. The Morgan fingerprint density at radius 2 is 1.94 bits per heavy atom. The lowest BCUT2D eigenvalue weighted by molar-refractivity contribution is -0.115. The van der Waals surface area contributed by atoms with Gasteiger partial charge < -0.3 is 15.5 Å². The molecule has 0 aliphatic carbocycles. The normalized spacial score (nSPS) is 11.2. The van der Waals surface area contributed by atoms with Crippen LogP contribution in [0, 0.1) is 0 Å². The number of benzene rings is 1. The lowest BCUT2D eigenvalue weighted by Gasteiger charge is -2.20. The van der Waals surface area contributed by atoms with Crippen LogP contribution in [0.2, 0.25) is 0 Å². The van der Waals surface area contributed by atoms with Gasteiger partial charge in [0.25, 0.3) is 0 Å². The number of rotatable bonds is 4. The van der Waals surface area contributed by atoms with Crippen LogP contribution in [0.25, 0.3) is 0 Å². The highest BCUT2D eigenvalue weighted by Crippen LogP contribution is 2.17. The molecule has 0 saturated heterocycles. The maximum absolute atomic E-state index is 11.8. The van der Waals surface area contributed by atoms with Gasteiger partial charge in [-0.1, -0.05) is 6.07 Å². The molecule has 0 radical (unpaired) electrons. The zero-order valence-corrected chi connectivity index (χ0v) is 11.9. The van der Waals surface area contributed by atoms with Crippen molar-refractivity contribution in [3.8, 4) is 0 Å². The summed E-state index contributed by atoms with van der Waals surface area (Å²) in [6, 6.07) is 7.78. The first-order valence-electron chi connectivity index (χ1n) is 6.10. The molecule has 0 heterocycles. The number of amides is 1. The average molecular weight is 249 g/mol. The first kappa shape index (κ1) is 14.5. The number of hydrogen-bond donors (Lipinski definition) is 2. The second kappa shape index (κ2) is 5.87. The zero-order valence-electron chi connectivity index (χ0n) is 11.9. The van der Waals surface area contributed by atoms with E-state index in [2.05, 4.69) is 10.6 Å². The van der Waals surface area contributed by atoms with E-state index >= 15 is 0 Å². The largest absolute Gasteiger partial charge is 0.378 e. The van der Waals surface area contributed by atoms with Crippen LogP contribution in [0.5, 0.6) is 0 Å². The molecule has 1 aromatic carbocycles. The van der Waals surface area contributed by atoms with Crippen molar-refractivity contribution in [3.05, 3.63) is 24.3 Å². The molecule has 4 heteroatoms. The minimum absolute atomic E-state index is 0.0270. The lowest BCUT2D eigenvalue weighted by Crippen LogP contribution is -2.41. The van der Waals surface area contributed by atoms with Crippen molar-refractivity contribution >= 4 is 17.3 Å².